The summed E-state index contributed by atoms with van der Waals surface area (Å²) in [5.41, 5.74) is 2.59. The molecule has 1 aliphatic rings. The lowest BCUT2D eigenvalue weighted by molar-refractivity contribution is -0.134. The molecule has 1 aliphatic heterocycles. The van der Waals surface area contributed by atoms with Gasteiger partial charge in [-0.3, -0.25) is 9.59 Å². The highest BCUT2D eigenvalue weighted by Crippen LogP contribution is 2.21. The van der Waals surface area contributed by atoms with E-state index in [4.69, 9.17) is 11.6 Å². The molecule has 2 aromatic carbocycles. The van der Waals surface area contributed by atoms with E-state index in [-0.39, 0.29) is 11.8 Å². The molecule has 160 valence electrons. The molecule has 0 radical (unpaired) electrons. The summed E-state index contributed by atoms with van der Waals surface area (Å²) in [5, 5.41) is 3.70. The molecular formula is C24H30ClN3O2. The van der Waals surface area contributed by atoms with E-state index in [1.54, 1.807) is 6.07 Å². The predicted molar refractivity (Wildman–Crippen MR) is 122 cm³/mol. The van der Waals surface area contributed by atoms with Gasteiger partial charge in [0, 0.05) is 42.5 Å². The third kappa shape index (κ3) is 5.54. The number of benzene rings is 2. The lowest BCUT2D eigenvalue weighted by Crippen LogP contribution is -2.55. The summed E-state index contributed by atoms with van der Waals surface area (Å²) in [6.45, 7) is 8.77. The van der Waals surface area contributed by atoms with Crippen molar-refractivity contribution in [3.63, 3.8) is 0 Å². The zero-order valence-corrected chi connectivity index (χ0v) is 18.7. The van der Waals surface area contributed by atoms with Crippen LogP contribution in [0.4, 0.5) is 5.69 Å². The molecule has 0 saturated carbocycles. The van der Waals surface area contributed by atoms with E-state index in [9.17, 15) is 9.59 Å². The zero-order valence-electron chi connectivity index (χ0n) is 17.9. The molecule has 0 unspecified atom stereocenters. The Hall–Kier alpha value is -2.53. The third-order valence-corrected chi connectivity index (χ3v) is 5.70. The van der Waals surface area contributed by atoms with Crippen molar-refractivity contribution in [2.45, 2.75) is 33.2 Å². The van der Waals surface area contributed by atoms with E-state index in [2.05, 4.69) is 24.1 Å². The van der Waals surface area contributed by atoms with Gasteiger partial charge in [-0.2, -0.15) is 0 Å². The highest BCUT2D eigenvalue weighted by Gasteiger charge is 2.29. The van der Waals surface area contributed by atoms with Crippen molar-refractivity contribution in [3.05, 3.63) is 64.7 Å². The molecule has 1 heterocycles. The molecule has 5 nitrogen and oxygen atoms in total. The highest BCUT2D eigenvalue weighted by molar-refractivity contribution is 6.30. The molecule has 0 bridgehead atoms. The number of amides is 2. The number of piperazine rings is 1. The topological polar surface area (TPSA) is 52.7 Å². The first kappa shape index (κ1) is 22.2. The van der Waals surface area contributed by atoms with Gasteiger partial charge in [-0.05, 0) is 49.1 Å². The van der Waals surface area contributed by atoms with Crippen LogP contribution in [0.2, 0.25) is 5.02 Å². The molecular weight excluding hydrogens is 398 g/mol. The Bertz CT molecular complexity index is 892. The van der Waals surface area contributed by atoms with Crippen LogP contribution >= 0.6 is 11.6 Å². The Kier molecular flexibility index (Phi) is 7.38. The minimum Gasteiger partial charge on any atom is -0.368 e. The van der Waals surface area contributed by atoms with Gasteiger partial charge in [0.25, 0.3) is 5.91 Å². The van der Waals surface area contributed by atoms with Crippen molar-refractivity contribution in [1.29, 1.82) is 0 Å². The van der Waals surface area contributed by atoms with E-state index in [1.807, 2.05) is 54.3 Å². The average molecular weight is 428 g/mol. The van der Waals surface area contributed by atoms with Gasteiger partial charge in [-0.15, -0.1) is 0 Å². The number of anilines is 1. The van der Waals surface area contributed by atoms with E-state index < -0.39 is 6.04 Å². The van der Waals surface area contributed by atoms with E-state index in [1.165, 1.54) is 0 Å². The van der Waals surface area contributed by atoms with Gasteiger partial charge in [-0.1, -0.05) is 49.7 Å². The van der Waals surface area contributed by atoms with Crippen LogP contribution in [-0.2, 0) is 4.79 Å². The van der Waals surface area contributed by atoms with Crippen LogP contribution in [-0.4, -0.2) is 48.9 Å². The number of rotatable bonds is 6. The summed E-state index contributed by atoms with van der Waals surface area (Å²) in [6, 6.07) is 14.7. The second-order valence-corrected chi connectivity index (χ2v) is 8.70. The first-order valence-electron chi connectivity index (χ1n) is 10.5. The van der Waals surface area contributed by atoms with Gasteiger partial charge in [-0.25, -0.2) is 0 Å². The van der Waals surface area contributed by atoms with Gasteiger partial charge >= 0.3 is 0 Å². The Morgan fingerprint density at radius 1 is 1.03 bits per heavy atom. The number of halogens is 1. The number of nitrogens with one attached hydrogen (secondary N) is 1. The number of hydrogen-bond donors (Lipinski definition) is 1. The number of hydrogen-bond acceptors (Lipinski definition) is 3. The number of aryl methyl sites for hydroxylation is 1. The SMILES string of the molecule is Cc1ccccc1C(=O)N[C@H](CC(C)C)C(=O)N1CCN(c2cccc(Cl)c2)CC1. The largest absolute Gasteiger partial charge is 0.368 e. The molecule has 2 aromatic rings. The van der Waals surface area contributed by atoms with Crippen molar-refractivity contribution >= 4 is 29.1 Å². The number of carbonyl (C=O) groups is 2. The zero-order chi connectivity index (χ0) is 21.7. The molecule has 3 rings (SSSR count). The van der Waals surface area contributed by atoms with E-state index in [0.717, 1.165) is 24.3 Å². The fourth-order valence-electron chi connectivity index (χ4n) is 3.83. The van der Waals surface area contributed by atoms with Crippen LogP contribution in [0.25, 0.3) is 0 Å². The summed E-state index contributed by atoms with van der Waals surface area (Å²) in [6.07, 6.45) is 0.616. The van der Waals surface area contributed by atoms with Crippen molar-refractivity contribution in [2.75, 3.05) is 31.1 Å². The maximum atomic E-state index is 13.3. The smallest absolute Gasteiger partial charge is 0.252 e. The first-order valence-corrected chi connectivity index (χ1v) is 10.9. The molecule has 0 aromatic heterocycles. The van der Waals surface area contributed by atoms with Crippen molar-refractivity contribution in [1.82, 2.24) is 10.2 Å². The Morgan fingerprint density at radius 3 is 2.37 bits per heavy atom. The van der Waals surface area contributed by atoms with Crippen LogP contribution < -0.4 is 10.2 Å². The minimum atomic E-state index is -0.519. The third-order valence-electron chi connectivity index (χ3n) is 5.46. The summed E-state index contributed by atoms with van der Waals surface area (Å²) in [4.78, 5) is 30.2. The summed E-state index contributed by atoms with van der Waals surface area (Å²) < 4.78 is 0. The van der Waals surface area contributed by atoms with Crippen molar-refractivity contribution < 1.29 is 9.59 Å². The maximum Gasteiger partial charge on any atom is 0.252 e. The summed E-state index contributed by atoms with van der Waals surface area (Å²) in [5.74, 6) is 0.102. The second-order valence-electron chi connectivity index (χ2n) is 8.26. The molecule has 0 aliphatic carbocycles. The lowest BCUT2D eigenvalue weighted by Gasteiger charge is -2.38. The average Bonchev–Trinajstić information content (AvgIpc) is 2.73. The Balaban J connectivity index is 1.65. The van der Waals surface area contributed by atoms with Gasteiger partial charge in [0.15, 0.2) is 0 Å². The van der Waals surface area contributed by atoms with Crippen LogP contribution in [0.15, 0.2) is 48.5 Å². The van der Waals surface area contributed by atoms with Gasteiger partial charge in [0.2, 0.25) is 5.91 Å². The number of nitrogens with zero attached hydrogens (tertiary/aromatic N) is 2. The first-order chi connectivity index (χ1) is 14.3. The lowest BCUT2D eigenvalue weighted by atomic mass is 10.0. The normalized spacial score (nSPS) is 15.2. The number of carbonyl (C=O) groups excluding carboxylic acids is 2. The fourth-order valence-corrected chi connectivity index (χ4v) is 4.02. The second kappa shape index (κ2) is 9.98. The molecule has 30 heavy (non-hydrogen) atoms. The molecule has 1 fully saturated rings. The molecule has 1 N–H and O–H groups in total. The molecule has 2 amide bonds. The monoisotopic (exact) mass is 427 g/mol. The van der Waals surface area contributed by atoms with Crippen LogP contribution in [0, 0.1) is 12.8 Å². The minimum absolute atomic E-state index is 0.00335. The molecule has 0 spiro atoms. The fraction of sp³-hybridized carbons (Fsp3) is 0.417. The summed E-state index contributed by atoms with van der Waals surface area (Å²) in [7, 11) is 0. The van der Waals surface area contributed by atoms with Crippen LogP contribution in [0.5, 0.6) is 0 Å². The highest BCUT2D eigenvalue weighted by atomic mass is 35.5. The van der Waals surface area contributed by atoms with Crippen molar-refractivity contribution in [2.24, 2.45) is 5.92 Å². The van der Waals surface area contributed by atoms with Crippen LogP contribution in [0.3, 0.4) is 0 Å². The van der Waals surface area contributed by atoms with E-state index in [0.29, 0.717) is 36.0 Å². The quantitative estimate of drug-likeness (QED) is 0.753. The summed E-state index contributed by atoms with van der Waals surface area (Å²) >= 11 is 6.11. The van der Waals surface area contributed by atoms with Gasteiger partial charge < -0.3 is 15.1 Å². The van der Waals surface area contributed by atoms with E-state index >= 15 is 0 Å². The van der Waals surface area contributed by atoms with Gasteiger partial charge in [0.05, 0.1) is 0 Å². The standard InChI is InChI=1S/C24H30ClN3O2/c1-17(2)15-22(26-23(29)21-10-5-4-7-18(21)3)24(30)28-13-11-27(12-14-28)20-9-6-8-19(25)16-20/h4-10,16-17,22H,11-15H2,1-3H3,(H,26,29)/t22-/m1/s1. The van der Waals surface area contributed by atoms with Crippen molar-refractivity contribution in [3.8, 4) is 0 Å². The molecule has 1 saturated heterocycles. The maximum absolute atomic E-state index is 13.3. The van der Waals surface area contributed by atoms with Gasteiger partial charge in [0.1, 0.15) is 6.04 Å². The van der Waals surface area contributed by atoms with Crippen LogP contribution in [0.1, 0.15) is 36.2 Å². The predicted octanol–water partition coefficient (Wildman–Crippen LogP) is 4.14. The Morgan fingerprint density at radius 2 is 1.73 bits per heavy atom. The molecule has 1 atom stereocenters. The molecule has 6 heteroatoms. The Labute approximate surface area is 184 Å².